The molecule has 0 fully saturated rings. The monoisotopic (exact) mass is 232 g/mol. The van der Waals surface area contributed by atoms with Crippen LogP contribution in [0.2, 0.25) is 0 Å². The lowest BCUT2D eigenvalue weighted by Crippen LogP contribution is -2.11. The zero-order valence-electron chi connectivity index (χ0n) is 10.9. The molecule has 0 saturated carbocycles. The van der Waals surface area contributed by atoms with E-state index in [2.05, 4.69) is 6.58 Å². The van der Waals surface area contributed by atoms with Crippen LogP contribution in [0.15, 0.2) is 30.4 Å². The zero-order valence-corrected chi connectivity index (χ0v) is 10.9. The van der Waals surface area contributed by atoms with Gasteiger partial charge in [-0.05, 0) is 38.8 Å². The van der Waals surface area contributed by atoms with E-state index in [1.165, 1.54) is 0 Å². The average molecular weight is 232 g/mol. The molecule has 1 rings (SSSR count). The summed E-state index contributed by atoms with van der Waals surface area (Å²) in [5.41, 5.74) is 3.94. The topological polar surface area (TPSA) is 26.3 Å². The van der Waals surface area contributed by atoms with Crippen molar-refractivity contribution in [1.82, 2.24) is 0 Å². The van der Waals surface area contributed by atoms with Gasteiger partial charge in [-0.15, -0.1) is 6.58 Å². The standard InChI is InChI=1S/C15H20O2/c1-11(2)7-8-17-10-15(16)14-9-12(3)5-6-13(14)4/h5-6,9H,1,7-8,10H2,2-4H3. The van der Waals surface area contributed by atoms with E-state index in [0.717, 1.165) is 28.7 Å². The number of hydrogen-bond donors (Lipinski definition) is 0. The fourth-order valence-corrected chi connectivity index (χ4v) is 1.53. The molecular formula is C15H20O2. The van der Waals surface area contributed by atoms with E-state index in [4.69, 9.17) is 4.74 Å². The van der Waals surface area contributed by atoms with Crippen molar-refractivity contribution < 1.29 is 9.53 Å². The van der Waals surface area contributed by atoms with E-state index >= 15 is 0 Å². The highest BCUT2D eigenvalue weighted by atomic mass is 16.5. The molecule has 0 aromatic heterocycles. The molecule has 0 N–H and O–H groups in total. The summed E-state index contributed by atoms with van der Waals surface area (Å²) in [5, 5.41) is 0. The molecule has 92 valence electrons. The second kappa shape index (κ2) is 6.36. The summed E-state index contributed by atoms with van der Waals surface area (Å²) in [6.45, 7) is 10.4. The third-order valence-electron chi connectivity index (χ3n) is 2.60. The van der Waals surface area contributed by atoms with Crippen LogP contribution in [0.1, 0.15) is 34.8 Å². The summed E-state index contributed by atoms with van der Waals surface area (Å²) in [7, 11) is 0. The quantitative estimate of drug-likeness (QED) is 0.426. The van der Waals surface area contributed by atoms with Crippen molar-refractivity contribution in [3.05, 3.63) is 47.0 Å². The molecule has 1 aromatic rings. The van der Waals surface area contributed by atoms with Gasteiger partial charge in [-0.2, -0.15) is 0 Å². The zero-order chi connectivity index (χ0) is 12.8. The second-order valence-electron chi connectivity index (χ2n) is 4.50. The summed E-state index contributed by atoms with van der Waals surface area (Å²) in [6, 6.07) is 5.89. The number of carbonyl (C=O) groups excluding carboxylic acids is 1. The van der Waals surface area contributed by atoms with Crippen LogP contribution in [-0.4, -0.2) is 19.0 Å². The van der Waals surface area contributed by atoms with E-state index < -0.39 is 0 Å². The van der Waals surface area contributed by atoms with Gasteiger partial charge in [-0.25, -0.2) is 0 Å². The lowest BCUT2D eigenvalue weighted by molar-refractivity contribution is 0.0765. The minimum Gasteiger partial charge on any atom is -0.373 e. The first-order chi connectivity index (χ1) is 8.00. The molecule has 0 bridgehead atoms. The first kappa shape index (κ1) is 13.7. The highest BCUT2D eigenvalue weighted by Crippen LogP contribution is 2.11. The Labute approximate surface area is 103 Å². The van der Waals surface area contributed by atoms with Crippen molar-refractivity contribution in [3.8, 4) is 0 Å². The van der Waals surface area contributed by atoms with Gasteiger partial charge in [0.05, 0.1) is 6.61 Å². The molecule has 2 heteroatoms. The van der Waals surface area contributed by atoms with Crippen molar-refractivity contribution in [3.63, 3.8) is 0 Å². The normalized spacial score (nSPS) is 10.3. The lowest BCUT2D eigenvalue weighted by Gasteiger charge is -2.07. The first-order valence-electron chi connectivity index (χ1n) is 5.83. The minimum absolute atomic E-state index is 0.0490. The maximum absolute atomic E-state index is 11.9. The predicted octanol–water partition coefficient (Wildman–Crippen LogP) is 3.47. The maximum atomic E-state index is 11.9. The van der Waals surface area contributed by atoms with E-state index in [1.807, 2.05) is 39.0 Å². The summed E-state index contributed by atoms with van der Waals surface area (Å²) in [6.07, 6.45) is 0.806. The SMILES string of the molecule is C=C(C)CCOCC(=O)c1cc(C)ccc1C. The van der Waals surface area contributed by atoms with Gasteiger partial charge in [0.2, 0.25) is 0 Å². The Bertz CT molecular complexity index is 419. The Kier molecular flexibility index (Phi) is 5.11. The number of ketones is 1. The summed E-state index contributed by atoms with van der Waals surface area (Å²) in [4.78, 5) is 11.9. The molecule has 0 aliphatic heterocycles. The van der Waals surface area contributed by atoms with Crippen molar-refractivity contribution in [2.24, 2.45) is 0 Å². The van der Waals surface area contributed by atoms with Gasteiger partial charge in [-0.1, -0.05) is 23.3 Å². The number of aryl methyl sites for hydroxylation is 2. The molecule has 0 aliphatic carbocycles. The molecule has 17 heavy (non-hydrogen) atoms. The average Bonchev–Trinajstić information content (AvgIpc) is 2.27. The van der Waals surface area contributed by atoms with E-state index in [-0.39, 0.29) is 12.4 Å². The largest absolute Gasteiger partial charge is 0.373 e. The summed E-state index contributed by atoms with van der Waals surface area (Å²) in [5.74, 6) is 0.0490. The molecule has 0 spiro atoms. The molecule has 2 nitrogen and oxygen atoms in total. The van der Waals surface area contributed by atoms with E-state index in [9.17, 15) is 4.79 Å². The van der Waals surface area contributed by atoms with Crippen LogP contribution in [0.5, 0.6) is 0 Å². The fourth-order valence-electron chi connectivity index (χ4n) is 1.53. The second-order valence-corrected chi connectivity index (χ2v) is 4.50. The molecule has 0 amide bonds. The van der Waals surface area contributed by atoms with Crippen LogP contribution in [0.4, 0.5) is 0 Å². The molecule has 0 saturated heterocycles. The lowest BCUT2D eigenvalue weighted by atomic mass is 10.0. The minimum atomic E-state index is 0.0490. The molecular weight excluding hydrogens is 212 g/mol. The van der Waals surface area contributed by atoms with Crippen molar-refractivity contribution >= 4 is 5.78 Å². The van der Waals surface area contributed by atoms with Crippen molar-refractivity contribution in [2.45, 2.75) is 27.2 Å². The van der Waals surface area contributed by atoms with Gasteiger partial charge in [0, 0.05) is 5.56 Å². The van der Waals surface area contributed by atoms with E-state index in [0.29, 0.717) is 6.61 Å². The molecule has 0 radical (unpaired) electrons. The number of ether oxygens (including phenoxy) is 1. The van der Waals surface area contributed by atoms with Gasteiger partial charge in [-0.3, -0.25) is 4.79 Å². The Morgan fingerprint density at radius 3 is 2.71 bits per heavy atom. The Balaban J connectivity index is 2.52. The number of rotatable bonds is 6. The number of hydrogen-bond acceptors (Lipinski definition) is 2. The van der Waals surface area contributed by atoms with Gasteiger partial charge in [0.25, 0.3) is 0 Å². The van der Waals surface area contributed by atoms with Crippen LogP contribution < -0.4 is 0 Å². The number of benzene rings is 1. The summed E-state index contributed by atoms with van der Waals surface area (Å²) >= 11 is 0. The number of Topliss-reactive ketones (excluding diaryl/α,β-unsaturated/α-hetero) is 1. The van der Waals surface area contributed by atoms with Gasteiger partial charge in [0.1, 0.15) is 6.61 Å². The highest BCUT2D eigenvalue weighted by molar-refractivity contribution is 5.98. The molecule has 0 heterocycles. The third-order valence-corrected chi connectivity index (χ3v) is 2.60. The first-order valence-corrected chi connectivity index (χ1v) is 5.83. The highest BCUT2D eigenvalue weighted by Gasteiger charge is 2.09. The van der Waals surface area contributed by atoms with Crippen LogP contribution >= 0.6 is 0 Å². The Morgan fingerprint density at radius 2 is 2.06 bits per heavy atom. The Hall–Kier alpha value is -1.41. The smallest absolute Gasteiger partial charge is 0.188 e. The van der Waals surface area contributed by atoms with Gasteiger partial charge >= 0.3 is 0 Å². The predicted molar refractivity (Wildman–Crippen MR) is 70.5 cm³/mol. The summed E-state index contributed by atoms with van der Waals surface area (Å²) < 4.78 is 5.35. The molecule has 1 aromatic carbocycles. The fraction of sp³-hybridized carbons (Fsp3) is 0.400. The maximum Gasteiger partial charge on any atom is 0.188 e. The van der Waals surface area contributed by atoms with Crippen molar-refractivity contribution in [2.75, 3.05) is 13.2 Å². The van der Waals surface area contributed by atoms with E-state index in [1.54, 1.807) is 0 Å². The van der Waals surface area contributed by atoms with Crippen LogP contribution in [-0.2, 0) is 4.74 Å². The molecule has 0 unspecified atom stereocenters. The van der Waals surface area contributed by atoms with Crippen molar-refractivity contribution in [1.29, 1.82) is 0 Å². The Morgan fingerprint density at radius 1 is 1.35 bits per heavy atom. The molecule has 0 aliphatic rings. The van der Waals surface area contributed by atoms with Gasteiger partial charge < -0.3 is 4.74 Å². The van der Waals surface area contributed by atoms with Crippen LogP contribution in [0, 0.1) is 13.8 Å². The third kappa shape index (κ3) is 4.53. The molecule has 0 atom stereocenters. The van der Waals surface area contributed by atoms with Crippen LogP contribution in [0.3, 0.4) is 0 Å². The van der Waals surface area contributed by atoms with Crippen LogP contribution in [0.25, 0.3) is 0 Å². The van der Waals surface area contributed by atoms with Gasteiger partial charge in [0.15, 0.2) is 5.78 Å². The number of carbonyl (C=O) groups is 1.